The van der Waals surface area contributed by atoms with Crippen LogP contribution < -0.4 is 20.9 Å². The maximum Gasteiger partial charge on any atom is 0.244 e. The predicted molar refractivity (Wildman–Crippen MR) is 116 cm³/mol. The summed E-state index contributed by atoms with van der Waals surface area (Å²) in [7, 11) is 0. The lowest BCUT2D eigenvalue weighted by Crippen LogP contribution is -2.42. The van der Waals surface area contributed by atoms with Crippen LogP contribution in [0.15, 0.2) is 48.5 Å². The smallest absolute Gasteiger partial charge is 0.244 e. The first-order valence-corrected chi connectivity index (χ1v) is 9.36. The van der Waals surface area contributed by atoms with Crippen molar-refractivity contribution in [1.82, 2.24) is 5.32 Å². The lowest BCUT2D eigenvalue weighted by molar-refractivity contribution is -0.124. The van der Waals surface area contributed by atoms with Gasteiger partial charge in [-0.2, -0.15) is 0 Å². The third-order valence-corrected chi connectivity index (χ3v) is 4.49. The van der Waals surface area contributed by atoms with E-state index in [1.165, 1.54) is 4.90 Å². The molecule has 1 aliphatic heterocycles. The molecule has 0 unspecified atom stereocenters. The van der Waals surface area contributed by atoms with Gasteiger partial charge in [0.15, 0.2) is 0 Å². The van der Waals surface area contributed by atoms with Gasteiger partial charge in [-0.3, -0.25) is 14.4 Å². The molecule has 29 heavy (non-hydrogen) atoms. The Bertz CT molecular complexity index is 888. The van der Waals surface area contributed by atoms with Crippen LogP contribution in [0.25, 0.3) is 0 Å². The number of benzene rings is 2. The van der Waals surface area contributed by atoms with Crippen molar-refractivity contribution in [3.8, 4) is 0 Å². The van der Waals surface area contributed by atoms with Gasteiger partial charge < -0.3 is 20.9 Å². The second-order valence-corrected chi connectivity index (χ2v) is 6.53. The zero-order valence-electron chi connectivity index (χ0n) is 16.2. The average molecular weight is 417 g/mol. The minimum absolute atomic E-state index is 0. The molecule has 3 amide bonds. The molecule has 7 nitrogen and oxygen atoms in total. The van der Waals surface area contributed by atoms with Crippen molar-refractivity contribution in [3.63, 3.8) is 0 Å². The Morgan fingerprint density at radius 3 is 2.59 bits per heavy atom. The maximum absolute atomic E-state index is 12.6. The molecule has 2 aromatic rings. The molecule has 0 spiro atoms. The van der Waals surface area contributed by atoms with Crippen LogP contribution in [0, 0.1) is 0 Å². The fraction of sp³-hybridized carbons (Fsp3) is 0.286. The van der Waals surface area contributed by atoms with E-state index >= 15 is 0 Å². The first-order chi connectivity index (χ1) is 13.6. The topological polar surface area (TPSA) is 90.5 Å². The van der Waals surface area contributed by atoms with Crippen LogP contribution in [-0.4, -0.2) is 30.8 Å². The molecule has 8 heteroatoms. The molecule has 3 rings (SSSR count). The summed E-state index contributed by atoms with van der Waals surface area (Å²) in [6, 6.07) is 14.7. The van der Waals surface area contributed by atoms with Gasteiger partial charge in [0, 0.05) is 25.1 Å². The third-order valence-electron chi connectivity index (χ3n) is 4.49. The summed E-state index contributed by atoms with van der Waals surface area (Å²) in [5, 5.41) is 8.86. The van der Waals surface area contributed by atoms with Gasteiger partial charge in [-0.05, 0) is 30.3 Å². The van der Waals surface area contributed by atoms with Crippen molar-refractivity contribution >= 4 is 47.2 Å². The van der Waals surface area contributed by atoms with E-state index in [1.807, 2.05) is 37.3 Å². The molecule has 0 aromatic heterocycles. The molecule has 0 fully saturated rings. The van der Waals surface area contributed by atoms with Crippen molar-refractivity contribution in [2.24, 2.45) is 0 Å². The summed E-state index contributed by atoms with van der Waals surface area (Å²) in [4.78, 5) is 38.3. The molecule has 1 aliphatic rings. The molecule has 0 aliphatic carbocycles. The highest BCUT2D eigenvalue weighted by Gasteiger charge is 2.26. The summed E-state index contributed by atoms with van der Waals surface area (Å²) >= 11 is 0. The van der Waals surface area contributed by atoms with Crippen LogP contribution in [-0.2, 0) is 20.9 Å². The Labute approximate surface area is 176 Å². The molecular weight excluding hydrogens is 392 g/mol. The van der Waals surface area contributed by atoms with E-state index in [2.05, 4.69) is 16.0 Å². The van der Waals surface area contributed by atoms with E-state index < -0.39 is 0 Å². The van der Waals surface area contributed by atoms with Crippen molar-refractivity contribution in [1.29, 1.82) is 0 Å². The fourth-order valence-electron chi connectivity index (χ4n) is 3.08. The molecule has 3 N–H and O–H groups in total. The van der Waals surface area contributed by atoms with E-state index in [0.29, 0.717) is 17.9 Å². The highest BCUT2D eigenvalue weighted by molar-refractivity contribution is 6.10. The molecule has 1 heterocycles. The predicted octanol–water partition coefficient (Wildman–Crippen LogP) is 2.92. The van der Waals surface area contributed by atoms with Gasteiger partial charge in [-0.25, -0.2) is 0 Å². The van der Waals surface area contributed by atoms with Crippen LogP contribution in [0.4, 0.5) is 17.1 Å². The van der Waals surface area contributed by atoms with E-state index in [0.717, 1.165) is 17.8 Å². The minimum atomic E-state index is -0.251. The summed E-state index contributed by atoms with van der Waals surface area (Å²) in [6.45, 7) is 3.47. The van der Waals surface area contributed by atoms with Crippen LogP contribution in [0.3, 0.4) is 0 Å². The number of rotatable bonds is 7. The highest BCUT2D eigenvalue weighted by atomic mass is 35.5. The normalized spacial score (nSPS) is 12.4. The summed E-state index contributed by atoms with van der Waals surface area (Å²) in [5.74, 6) is -0.723. The molecule has 0 bridgehead atoms. The van der Waals surface area contributed by atoms with E-state index in [4.69, 9.17) is 0 Å². The molecule has 154 valence electrons. The number of nitrogens with zero attached hydrogens (tertiary/aromatic N) is 1. The highest BCUT2D eigenvalue weighted by Crippen LogP contribution is 2.29. The molecule has 0 saturated carbocycles. The molecule has 0 radical (unpaired) electrons. The zero-order valence-corrected chi connectivity index (χ0v) is 17.1. The molecule has 0 atom stereocenters. The van der Waals surface area contributed by atoms with Crippen molar-refractivity contribution in [3.05, 3.63) is 54.1 Å². The average Bonchev–Trinajstić information content (AvgIpc) is 2.70. The summed E-state index contributed by atoms with van der Waals surface area (Å²) in [6.07, 6.45) is 0.0808. The van der Waals surface area contributed by atoms with Gasteiger partial charge >= 0.3 is 0 Å². The third kappa shape index (κ3) is 5.79. The Balaban J connectivity index is 0.00000300. The van der Waals surface area contributed by atoms with E-state index in [-0.39, 0.29) is 49.5 Å². The first kappa shape index (κ1) is 22.4. The number of carbonyl (C=O) groups is 3. The minimum Gasteiger partial charge on any atom is -0.326 e. The SMILES string of the molecule is CCNCc1ccccc1NC(=O)CCC(=O)N1CC(=O)Nc2ccccc21.Cl. The van der Waals surface area contributed by atoms with Crippen molar-refractivity contribution < 1.29 is 14.4 Å². The van der Waals surface area contributed by atoms with Crippen molar-refractivity contribution in [2.45, 2.75) is 26.3 Å². The largest absolute Gasteiger partial charge is 0.326 e. The first-order valence-electron chi connectivity index (χ1n) is 9.36. The number of nitrogens with one attached hydrogen (secondary N) is 3. The Hall–Kier alpha value is -2.90. The Morgan fingerprint density at radius 1 is 1.07 bits per heavy atom. The molecule has 0 saturated heterocycles. The van der Waals surface area contributed by atoms with Gasteiger partial charge in [-0.15, -0.1) is 12.4 Å². The van der Waals surface area contributed by atoms with E-state index in [1.54, 1.807) is 18.2 Å². The van der Waals surface area contributed by atoms with Gasteiger partial charge in [0.25, 0.3) is 0 Å². The van der Waals surface area contributed by atoms with E-state index in [9.17, 15) is 14.4 Å². The maximum atomic E-state index is 12.6. The van der Waals surface area contributed by atoms with Gasteiger partial charge in [-0.1, -0.05) is 37.3 Å². The number of halogens is 1. The molecule has 2 aromatic carbocycles. The van der Waals surface area contributed by atoms with Crippen LogP contribution in [0.1, 0.15) is 25.3 Å². The number of fused-ring (bicyclic) bond motifs is 1. The van der Waals surface area contributed by atoms with Crippen LogP contribution in [0.5, 0.6) is 0 Å². The van der Waals surface area contributed by atoms with Crippen LogP contribution >= 0.6 is 12.4 Å². The molecular formula is C21H25ClN4O3. The number of hydrogen-bond acceptors (Lipinski definition) is 4. The zero-order chi connectivity index (χ0) is 19.9. The number of hydrogen-bond donors (Lipinski definition) is 3. The van der Waals surface area contributed by atoms with Crippen molar-refractivity contribution in [2.75, 3.05) is 28.6 Å². The Kier molecular flexibility index (Phi) is 8.18. The van der Waals surface area contributed by atoms with Crippen LogP contribution in [0.2, 0.25) is 0 Å². The number of carbonyl (C=O) groups excluding carboxylic acids is 3. The second-order valence-electron chi connectivity index (χ2n) is 6.53. The quantitative estimate of drug-likeness (QED) is 0.647. The number of para-hydroxylation sites is 3. The monoisotopic (exact) mass is 416 g/mol. The number of anilines is 3. The number of amides is 3. The second kappa shape index (κ2) is 10.6. The summed E-state index contributed by atoms with van der Waals surface area (Å²) < 4.78 is 0. The fourth-order valence-corrected chi connectivity index (χ4v) is 3.08. The van der Waals surface area contributed by atoms with Gasteiger partial charge in [0.1, 0.15) is 6.54 Å². The Morgan fingerprint density at radius 2 is 1.79 bits per heavy atom. The van der Waals surface area contributed by atoms with Gasteiger partial charge in [0.05, 0.1) is 11.4 Å². The summed E-state index contributed by atoms with van der Waals surface area (Å²) in [5.41, 5.74) is 2.99. The lowest BCUT2D eigenvalue weighted by atomic mass is 10.1. The lowest BCUT2D eigenvalue weighted by Gasteiger charge is -2.29. The standard InChI is InChI=1S/C21H24N4O3.ClH/c1-2-22-13-15-7-3-4-8-16(15)23-19(26)11-12-21(28)25-14-20(27)24-17-9-5-6-10-18(17)25;/h3-10,22H,2,11-14H2,1H3,(H,23,26)(H,24,27);1H. The van der Waals surface area contributed by atoms with Gasteiger partial charge in [0.2, 0.25) is 17.7 Å².